The Hall–Kier alpha value is -1.91. The monoisotopic (exact) mass is 335 g/mol. The van der Waals surface area contributed by atoms with Crippen LogP contribution in [-0.4, -0.2) is 23.7 Å². The zero-order valence-corrected chi connectivity index (χ0v) is 13.8. The molecule has 0 spiro atoms. The van der Waals surface area contributed by atoms with Crippen LogP contribution in [0.2, 0.25) is 5.02 Å². The number of aliphatic hydroxyl groups excluding tert-OH is 1. The van der Waals surface area contributed by atoms with Crippen LogP contribution in [0.3, 0.4) is 0 Å². The van der Waals surface area contributed by atoms with Gasteiger partial charge in [-0.05, 0) is 41.8 Å². The van der Waals surface area contributed by atoms with Crippen LogP contribution in [0.15, 0.2) is 42.5 Å². The van der Waals surface area contributed by atoms with Crippen molar-refractivity contribution in [1.82, 2.24) is 5.32 Å². The Morgan fingerprint density at radius 2 is 1.87 bits per heavy atom. The third kappa shape index (κ3) is 4.30. The zero-order valence-electron chi connectivity index (χ0n) is 13.0. The predicted octanol–water partition coefficient (Wildman–Crippen LogP) is 3.89. The second-order valence-electron chi connectivity index (χ2n) is 5.71. The molecular weight excluding hydrogens is 317 g/mol. The molecule has 0 aromatic heterocycles. The normalized spacial score (nSPS) is 12.3. The third-order valence-corrected chi connectivity index (χ3v) is 4.02. The van der Waals surface area contributed by atoms with Gasteiger partial charge in [-0.25, -0.2) is 4.39 Å². The molecule has 2 N–H and O–H groups in total. The second kappa shape index (κ2) is 7.57. The van der Waals surface area contributed by atoms with Gasteiger partial charge in [0.05, 0.1) is 17.7 Å². The van der Waals surface area contributed by atoms with Gasteiger partial charge < -0.3 is 10.4 Å². The minimum absolute atomic E-state index is 0.104. The molecule has 5 heteroatoms. The lowest BCUT2D eigenvalue weighted by molar-refractivity contribution is 0.0897. The van der Waals surface area contributed by atoms with E-state index in [2.05, 4.69) is 5.32 Å². The van der Waals surface area contributed by atoms with Crippen LogP contribution < -0.4 is 5.32 Å². The first kappa shape index (κ1) is 17.4. The molecule has 122 valence electrons. The Bertz CT molecular complexity index is 686. The molecule has 0 radical (unpaired) electrons. The van der Waals surface area contributed by atoms with Crippen molar-refractivity contribution in [1.29, 1.82) is 0 Å². The minimum atomic E-state index is -0.390. The highest BCUT2D eigenvalue weighted by atomic mass is 35.5. The fourth-order valence-corrected chi connectivity index (χ4v) is 2.48. The van der Waals surface area contributed by atoms with Crippen molar-refractivity contribution in [2.24, 2.45) is 5.92 Å². The van der Waals surface area contributed by atoms with Crippen LogP contribution in [0, 0.1) is 11.7 Å². The zero-order chi connectivity index (χ0) is 17.0. The lowest BCUT2D eigenvalue weighted by atomic mass is 10.0. The van der Waals surface area contributed by atoms with Crippen LogP contribution in [0.4, 0.5) is 4.39 Å². The summed E-state index contributed by atoms with van der Waals surface area (Å²) >= 11 is 6.04. The number of carbonyl (C=O) groups is 1. The van der Waals surface area contributed by atoms with Gasteiger partial charge >= 0.3 is 0 Å². The molecule has 0 saturated carbocycles. The molecule has 1 amide bonds. The summed E-state index contributed by atoms with van der Waals surface area (Å²) < 4.78 is 13.1. The molecule has 0 fully saturated rings. The van der Waals surface area contributed by atoms with Crippen LogP contribution >= 0.6 is 11.6 Å². The van der Waals surface area contributed by atoms with E-state index < -0.39 is 5.82 Å². The molecule has 0 saturated heterocycles. The van der Waals surface area contributed by atoms with Crippen molar-refractivity contribution in [2.75, 3.05) is 6.61 Å². The maximum Gasteiger partial charge on any atom is 0.251 e. The third-order valence-electron chi connectivity index (χ3n) is 3.71. The van der Waals surface area contributed by atoms with Gasteiger partial charge in [0.2, 0.25) is 0 Å². The number of carbonyl (C=O) groups excluding carboxylic acids is 1. The Morgan fingerprint density at radius 3 is 2.39 bits per heavy atom. The molecule has 2 rings (SSSR count). The molecule has 1 atom stereocenters. The van der Waals surface area contributed by atoms with Crippen molar-refractivity contribution in [3.8, 4) is 11.1 Å². The smallest absolute Gasteiger partial charge is 0.251 e. The summed E-state index contributed by atoms with van der Waals surface area (Å²) in [5, 5.41) is 12.4. The number of halogens is 2. The standard InChI is InChI=1S/C18H19ClFNO2/c1-11(2)17(10-22)21-18(23)13-5-3-12(4-6-13)15-8-7-14(20)9-16(15)19/h3-9,11,17,22H,10H2,1-2H3,(H,21,23)/t17-/m1/s1. The Morgan fingerprint density at radius 1 is 1.22 bits per heavy atom. The number of aliphatic hydroxyl groups is 1. The molecule has 0 bridgehead atoms. The molecule has 0 aliphatic rings. The Balaban J connectivity index is 2.17. The number of amides is 1. The van der Waals surface area contributed by atoms with E-state index >= 15 is 0 Å². The summed E-state index contributed by atoms with van der Waals surface area (Å²) in [6.07, 6.45) is 0. The summed E-state index contributed by atoms with van der Waals surface area (Å²) in [6, 6.07) is 10.8. The summed E-state index contributed by atoms with van der Waals surface area (Å²) in [4.78, 5) is 12.2. The summed E-state index contributed by atoms with van der Waals surface area (Å²) in [5.74, 6) is -0.491. The van der Waals surface area contributed by atoms with Gasteiger partial charge in [0.1, 0.15) is 5.82 Å². The van der Waals surface area contributed by atoms with Gasteiger partial charge in [0.15, 0.2) is 0 Å². The van der Waals surface area contributed by atoms with Crippen molar-refractivity contribution in [3.63, 3.8) is 0 Å². The Labute approximate surface area is 140 Å². The molecule has 2 aromatic rings. The van der Waals surface area contributed by atoms with E-state index in [4.69, 9.17) is 11.6 Å². The average molecular weight is 336 g/mol. The van der Waals surface area contributed by atoms with Crippen LogP contribution in [0.25, 0.3) is 11.1 Å². The maximum atomic E-state index is 13.1. The number of rotatable bonds is 5. The fourth-order valence-electron chi connectivity index (χ4n) is 2.20. The van der Waals surface area contributed by atoms with Crippen LogP contribution in [0.1, 0.15) is 24.2 Å². The number of hydrogen-bond acceptors (Lipinski definition) is 2. The van der Waals surface area contributed by atoms with Crippen molar-refractivity contribution >= 4 is 17.5 Å². The van der Waals surface area contributed by atoms with E-state index in [1.54, 1.807) is 30.3 Å². The molecule has 3 nitrogen and oxygen atoms in total. The molecule has 0 unspecified atom stereocenters. The van der Waals surface area contributed by atoms with Crippen molar-refractivity contribution in [2.45, 2.75) is 19.9 Å². The van der Waals surface area contributed by atoms with E-state index in [1.807, 2.05) is 13.8 Å². The van der Waals surface area contributed by atoms with Crippen molar-refractivity contribution in [3.05, 3.63) is 58.9 Å². The molecule has 23 heavy (non-hydrogen) atoms. The predicted molar refractivity (Wildman–Crippen MR) is 90.0 cm³/mol. The highest BCUT2D eigenvalue weighted by Gasteiger charge is 2.16. The highest BCUT2D eigenvalue weighted by Crippen LogP contribution is 2.28. The van der Waals surface area contributed by atoms with Crippen LogP contribution in [-0.2, 0) is 0 Å². The van der Waals surface area contributed by atoms with E-state index in [1.165, 1.54) is 12.1 Å². The topological polar surface area (TPSA) is 49.3 Å². The quantitative estimate of drug-likeness (QED) is 0.870. The first-order chi connectivity index (χ1) is 10.9. The summed E-state index contributed by atoms with van der Waals surface area (Å²) in [6.45, 7) is 3.76. The molecule has 0 aliphatic heterocycles. The Kier molecular flexibility index (Phi) is 5.74. The number of nitrogens with one attached hydrogen (secondary N) is 1. The van der Waals surface area contributed by atoms with Gasteiger partial charge in [-0.15, -0.1) is 0 Å². The molecule has 0 heterocycles. The van der Waals surface area contributed by atoms with Gasteiger partial charge in [-0.3, -0.25) is 4.79 Å². The average Bonchev–Trinajstić information content (AvgIpc) is 2.52. The van der Waals surface area contributed by atoms with E-state index in [9.17, 15) is 14.3 Å². The summed E-state index contributed by atoms with van der Waals surface area (Å²) in [7, 11) is 0. The number of hydrogen-bond donors (Lipinski definition) is 2. The van der Waals surface area contributed by atoms with Crippen LogP contribution in [0.5, 0.6) is 0 Å². The van der Waals surface area contributed by atoms with Crippen molar-refractivity contribution < 1.29 is 14.3 Å². The molecule has 2 aromatic carbocycles. The number of benzene rings is 2. The van der Waals surface area contributed by atoms with Gasteiger partial charge in [-0.1, -0.05) is 37.6 Å². The highest BCUT2D eigenvalue weighted by molar-refractivity contribution is 6.33. The molecule has 0 aliphatic carbocycles. The largest absolute Gasteiger partial charge is 0.394 e. The van der Waals surface area contributed by atoms with Gasteiger partial charge in [0, 0.05) is 11.1 Å². The first-order valence-electron chi connectivity index (χ1n) is 7.39. The van der Waals surface area contributed by atoms with Gasteiger partial charge in [-0.2, -0.15) is 0 Å². The lowest BCUT2D eigenvalue weighted by Crippen LogP contribution is -2.41. The van der Waals surface area contributed by atoms with E-state index in [0.717, 1.165) is 5.56 Å². The van der Waals surface area contributed by atoms with E-state index in [-0.39, 0.29) is 24.5 Å². The second-order valence-corrected chi connectivity index (χ2v) is 6.12. The molecular formula is C18H19ClFNO2. The maximum absolute atomic E-state index is 13.1. The lowest BCUT2D eigenvalue weighted by Gasteiger charge is -2.20. The minimum Gasteiger partial charge on any atom is -0.394 e. The first-order valence-corrected chi connectivity index (χ1v) is 7.77. The van der Waals surface area contributed by atoms with Gasteiger partial charge in [0.25, 0.3) is 5.91 Å². The van der Waals surface area contributed by atoms with E-state index in [0.29, 0.717) is 16.1 Å². The SMILES string of the molecule is CC(C)[C@@H](CO)NC(=O)c1ccc(-c2ccc(F)cc2Cl)cc1. The fraction of sp³-hybridized carbons (Fsp3) is 0.278. The summed E-state index contributed by atoms with van der Waals surface area (Å²) in [5.41, 5.74) is 2.00.